The normalized spacial score (nSPS) is 20.5. The van der Waals surface area contributed by atoms with Crippen LogP contribution in [-0.4, -0.2) is 63.1 Å². The van der Waals surface area contributed by atoms with Crippen molar-refractivity contribution in [2.24, 2.45) is 0 Å². The average Bonchev–Trinajstić information content (AvgIpc) is 3.03. The molecule has 0 bridgehead atoms. The van der Waals surface area contributed by atoms with Crippen molar-refractivity contribution in [1.29, 1.82) is 0 Å². The lowest BCUT2D eigenvalue weighted by Gasteiger charge is -2.36. The van der Waals surface area contributed by atoms with Crippen LogP contribution < -0.4 is 23.0 Å². The van der Waals surface area contributed by atoms with Gasteiger partial charge >= 0.3 is 0 Å². The lowest BCUT2D eigenvalue weighted by molar-refractivity contribution is -0.893. The van der Waals surface area contributed by atoms with E-state index >= 15 is 0 Å². The van der Waals surface area contributed by atoms with Gasteiger partial charge in [-0.2, -0.15) is 0 Å². The van der Waals surface area contributed by atoms with Crippen molar-refractivity contribution in [2.75, 3.05) is 44.9 Å². The molecule has 1 heterocycles. The van der Waals surface area contributed by atoms with Gasteiger partial charge in [0.25, 0.3) is 0 Å². The van der Waals surface area contributed by atoms with Crippen molar-refractivity contribution in [3.63, 3.8) is 0 Å². The standard InChI is InChI=1S/C23H46N3Si2.ClH/c1-16(28(8,9)10)20-13-18(25-12-11-19(15-25)26(5,6)7)14-21(22(20)24)23(3,4)17(2)27;/h13-14,16-17,19H,11-12,15,24H2,1-10,27H3;1H/q+1;/p-1. The monoisotopic (exact) mass is 455 g/mol. The number of quaternary nitrogens is 1. The third kappa shape index (κ3) is 5.60. The highest BCUT2D eigenvalue weighted by atomic mass is 35.5. The van der Waals surface area contributed by atoms with Crippen molar-refractivity contribution in [3.8, 4) is 0 Å². The minimum atomic E-state index is -1.34. The van der Waals surface area contributed by atoms with Gasteiger partial charge in [-0.1, -0.05) is 47.3 Å². The van der Waals surface area contributed by atoms with E-state index in [1.54, 1.807) is 0 Å². The Morgan fingerprint density at radius 1 is 1.17 bits per heavy atom. The first-order chi connectivity index (χ1) is 12.6. The minimum Gasteiger partial charge on any atom is -1.00 e. The van der Waals surface area contributed by atoms with E-state index in [0.717, 1.165) is 23.3 Å². The Hall–Kier alpha value is -0.496. The summed E-state index contributed by atoms with van der Waals surface area (Å²) in [6.45, 7) is 19.3. The molecule has 2 N–H and O–H groups in total. The zero-order valence-electron chi connectivity index (χ0n) is 20.9. The van der Waals surface area contributed by atoms with Gasteiger partial charge in [-0.25, -0.2) is 0 Å². The number of rotatable bonds is 6. The van der Waals surface area contributed by atoms with Crippen molar-refractivity contribution in [3.05, 3.63) is 23.3 Å². The van der Waals surface area contributed by atoms with Gasteiger partial charge in [0.15, 0.2) is 0 Å². The molecular weight excluding hydrogens is 410 g/mol. The summed E-state index contributed by atoms with van der Waals surface area (Å²) in [6.07, 6.45) is 1.27. The number of nitrogen functional groups attached to an aromatic ring is 1. The minimum absolute atomic E-state index is 0. The number of hydrogen-bond donors (Lipinski definition) is 1. The number of halogens is 1. The zero-order valence-corrected chi connectivity index (χ0v) is 24.6. The van der Waals surface area contributed by atoms with E-state index in [2.05, 4.69) is 85.5 Å². The molecule has 168 valence electrons. The van der Waals surface area contributed by atoms with E-state index in [1.165, 1.54) is 33.5 Å². The average molecular weight is 456 g/mol. The number of anilines is 2. The Labute approximate surface area is 190 Å². The molecule has 1 saturated heterocycles. The van der Waals surface area contributed by atoms with Gasteiger partial charge in [0.05, 0.1) is 35.8 Å². The smallest absolute Gasteiger partial charge is 0.108 e. The number of benzene rings is 1. The van der Waals surface area contributed by atoms with Crippen LogP contribution >= 0.6 is 0 Å². The molecule has 3 nitrogen and oxygen atoms in total. The molecule has 0 saturated carbocycles. The van der Waals surface area contributed by atoms with Gasteiger partial charge in [0, 0.05) is 34.6 Å². The Kier molecular flexibility index (Phi) is 8.18. The molecule has 3 atom stereocenters. The highest BCUT2D eigenvalue weighted by molar-refractivity contribution is 6.77. The first-order valence-electron chi connectivity index (χ1n) is 11.1. The van der Waals surface area contributed by atoms with E-state index in [9.17, 15) is 0 Å². The van der Waals surface area contributed by atoms with Gasteiger partial charge < -0.3 is 27.5 Å². The number of likely N-dealkylation sites (N-methyl/N-ethyl adjacent to an activating group) is 1. The summed E-state index contributed by atoms with van der Waals surface area (Å²) in [5.74, 6) is 0. The molecule has 1 aliphatic rings. The lowest BCUT2D eigenvalue weighted by atomic mass is 9.79. The second-order valence-electron chi connectivity index (χ2n) is 12.0. The maximum atomic E-state index is 6.89. The second-order valence-corrected chi connectivity index (χ2v) is 19.3. The topological polar surface area (TPSA) is 29.3 Å². The fourth-order valence-corrected chi connectivity index (χ4v) is 5.60. The van der Waals surface area contributed by atoms with Gasteiger partial charge in [0.2, 0.25) is 0 Å². The zero-order chi connectivity index (χ0) is 21.7. The van der Waals surface area contributed by atoms with Gasteiger partial charge in [-0.3, -0.25) is 0 Å². The van der Waals surface area contributed by atoms with E-state index in [0.29, 0.717) is 17.1 Å². The van der Waals surface area contributed by atoms with Crippen LogP contribution in [0.15, 0.2) is 12.1 Å². The Morgan fingerprint density at radius 3 is 2.14 bits per heavy atom. The molecule has 1 aromatic rings. The molecule has 1 aliphatic heterocycles. The maximum absolute atomic E-state index is 6.89. The molecule has 0 aromatic heterocycles. The van der Waals surface area contributed by atoms with E-state index in [1.807, 2.05) is 0 Å². The molecule has 0 aliphatic carbocycles. The van der Waals surface area contributed by atoms with Crippen LogP contribution in [0.3, 0.4) is 0 Å². The van der Waals surface area contributed by atoms with Crippen LogP contribution in [-0.2, 0) is 5.41 Å². The first-order valence-corrected chi connectivity index (χ1v) is 15.8. The fraction of sp³-hybridized carbons (Fsp3) is 0.739. The fourth-order valence-electron chi connectivity index (χ4n) is 4.12. The predicted octanol–water partition coefficient (Wildman–Crippen LogP) is 0.990. The second kappa shape index (κ2) is 8.93. The van der Waals surface area contributed by atoms with Crippen molar-refractivity contribution < 1.29 is 16.9 Å². The summed E-state index contributed by atoms with van der Waals surface area (Å²) < 4.78 is 1.04. The van der Waals surface area contributed by atoms with E-state index in [-0.39, 0.29) is 17.8 Å². The highest BCUT2D eigenvalue weighted by Crippen LogP contribution is 2.44. The number of nitrogens with zero attached hydrogens (tertiary/aromatic N) is 2. The van der Waals surface area contributed by atoms with Crippen molar-refractivity contribution in [2.45, 2.75) is 76.3 Å². The summed E-state index contributed by atoms with van der Waals surface area (Å²) in [6, 6.07) is 5.57. The number of nitrogens with two attached hydrogens (primary N) is 1. The van der Waals surface area contributed by atoms with Crippen LogP contribution in [0.4, 0.5) is 11.4 Å². The van der Waals surface area contributed by atoms with Crippen LogP contribution in [0, 0.1) is 0 Å². The third-order valence-corrected chi connectivity index (χ3v) is 12.1. The van der Waals surface area contributed by atoms with Crippen LogP contribution in [0.2, 0.25) is 25.2 Å². The summed E-state index contributed by atoms with van der Waals surface area (Å²) >= 11 is 0. The van der Waals surface area contributed by atoms with Gasteiger partial charge in [-0.05, 0) is 39.8 Å². The molecule has 1 aromatic carbocycles. The molecule has 1 fully saturated rings. The van der Waals surface area contributed by atoms with Crippen molar-refractivity contribution >= 4 is 29.7 Å². The van der Waals surface area contributed by atoms with Crippen molar-refractivity contribution in [1.82, 2.24) is 0 Å². The van der Waals surface area contributed by atoms with Crippen LogP contribution in [0.25, 0.3) is 0 Å². The molecule has 0 spiro atoms. The third-order valence-electron chi connectivity index (χ3n) is 7.72. The molecule has 2 rings (SSSR count). The predicted molar refractivity (Wildman–Crippen MR) is 134 cm³/mol. The Balaban J connectivity index is 0.00000420. The van der Waals surface area contributed by atoms with Crippen LogP contribution in [0.1, 0.15) is 50.8 Å². The van der Waals surface area contributed by atoms with Crippen LogP contribution in [0.5, 0.6) is 0 Å². The quantitative estimate of drug-likeness (QED) is 0.393. The summed E-state index contributed by atoms with van der Waals surface area (Å²) in [4.78, 5) is 2.62. The Morgan fingerprint density at radius 2 is 1.72 bits per heavy atom. The van der Waals surface area contributed by atoms with Gasteiger partial charge in [0.1, 0.15) is 6.04 Å². The molecule has 0 amide bonds. The largest absolute Gasteiger partial charge is 1.00 e. The van der Waals surface area contributed by atoms with Gasteiger partial charge in [-0.15, -0.1) is 0 Å². The van der Waals surface area contributed by atoms with E-state index < -0.39 is 8.07 Å². The summed E-state index contributed by atoms with van der Waals surface area (Å²) in [5, 5.41) is 0. The molecule has 29 heavy (non-hydrogen) atoms. The van der Waals surface area contributed by atoms with E-state index in [4.69, 9.17) is 5.73 Å². The SMILES string of the molecule is CC([SiH3])C(C)(C)c1cc(N2CCC([N+](C)(C)C)C2)cc(C(C)[Si](C)(C)C)c1N.[Cl-]. The summed E-state index contributed by atoms with van der Waals surface area (Å²) in [5.41, 5.74) is 13.5. The maximum Gasteiger partial charge on any atom is 0.108 e. The highest BCUT2D eigenvalue weighted by Gasteiger charge is 2.36. The Bertz CT molecular complexity index is 705. The lowest BCUT2D eigenvalue weighted by Crippen LogP contribution is -3.00. The molecule has 3 unspecified atom stereocenters. The molecule has 0 radical (unpaired) electrons. The summed E-state index contributed by atoms with van der Waals surface area (Å²) in [7, 11) is 6.82. The molecule has 6 heteroatoms. The first kappa shape index (κ1) is 26.5. The number of hydrogen-bond acceptors (Lipinski definition) is 2. The molecular formula is C23H46ClN3Si2.